The van der Waals surface area contributed by atoms with E-state index in [4.69, 9.17) is 14.9 Å². The van der Waals surface area contributed by atoms with Gasteiger partial charge in [-0.15, -0.1) is 0 Å². The number of rotatable bonds is 4. The van der Waals surface area contributed by atoms with Gasteiger partial charge in [0.25, 0.3) is 0 Å². The van der Waals surface area contributed by atoms with Crippen LogP contribution < -0.4 is 5.73 Å². The van der Waals surface area contributed by atoms with Crippen LogP contribution in [-0.4, -0.2) is 37.1 Å². The first-order valence-electron chi connectivity index (χ1n) is 6.74. The van der Waals surface area contributed by atoms with Crippen molar-refractivity contribution in [3.05, 3.63) is 23.7 Å². The van der Waals surface area contributed by atoms with E-state index < -0.39 is 0 Å². The fourth-order valence-electron chi connectivity index (χ4n) is 2.69. The largest absolute Gasteiger partial charge is 0.467 e. The summed E-state index contributed by atoms with van der Waals surface area (Å²) in [6.07, 6.45) is 3.79. The molecule has 1 fully saturated rings. The standard InChI is InChI=1S/C14H22N2O3/c1-10-3-5-16(11(7-10)8-15)9-13-12(4-6-19-13)14(17)18-2/h4,6,10-11H,3,5,7-9,15H2,1-2H3. The van der Waals surface area contributed by atoms with E-state index in [1.165, 1.54) is 13.4 Å². The van der Waals surface area contributed by atoms with Gasteiger partial charge in [-0.05, 0) is 31.4 Å². The minimum absolute atomic E-state index is 0.349. The number of carbonyl (C=O) groups is 1. The van der Waals surface area contributed by atoms with E-state index in [0.29, 0.717) is 36.4 Å². The Morgan fingerprint density at radius 1 is 1.63 bits per heavy atom. The summed E-state index contributed by atoms with van der Waals surface area (Å²) in [5.41, 5.74) is 6.36. The van der Waals surface area contributed by atoms with Gasteiger partial charge < -0.3 is 14.9 Å². The Morgan fingerprint density at radius 3 is 3.11 bits per heavy atom. The molecule has 0 bridgehead atoms. The molecule has 0 aromatic carbocycles. The maximum Gasteiger partial charge on any atom is 0.341 e. The van der Waals surface area contributed by atoms with E-state index in [2.05, 4.69) is 11.8 Å². The Balaban J connectivity index is 2.08. The molecule has 1 aromatic heterocycles. The predicted octanol–water partition coefficient (Wildman–Crippen LogP) is 1.63. The maximum absolute atomic E-state index is 11.6. The molecular weight excluding hydrogens is 244 g/mol. The molecule has 1 aromatic rings. The number of methoxy groups -OCH3 is 1. The molecule has 0 spiro atoms. The van der Waals surface area contributed by atoms with Crippen LogP contribution in [0, 0.1) is 5.92 Å². The number of nitrogens with zero attached hydrogens (tertiary/aromatic N) is 1. The van der Waals surface area contributed by atoms with Crippen LogP contribution in [0.25, 0.3) is 0 Å². The number of nitrogens with two attached hydrogens (primary N) is 1. The summed E-state index contributed by atoms with van der Waals surface area (Å²) in [7, 11) is 1.38. The monoisotopic (exact) mass is 266 g/mol. The third-order valence-corrected chi connectivity index (χ3v) is 3.87. The van der Waals surface area contributed by atoms with Crippen molar-refractivity contribution in [1.82, 2.24) is 4.90 Å². The van der Waals surface area contributed by atoms with Crippen LogP contribution in [0.5, 0.6) is 0 Å². The van der Waals surface area contributed by atoms with E-state index in [-0.39, 0.29) is 5.97 Å². The lowest BCUT2D eigenvalue weighted by molar-refractivity contribution is 0.0591. The van der Waals surface area contributed by atoms with Gasteiger partial charge in [0.05, 0.1) is 19.9 Å². The molecule has 0 aliphatic carbocycles. The summed E-state index contributed by atoms with van der Waals surface area (Å²) in [5.74, 6) is 1.03. The van der Waals surface area contributed by atoms with E-state index in [1.54, 1.807) is 6.07 Å². The van der Waals surface area contributed by atoms with Crippen molar-refractivity contribution in [2.24, 2.45) is 11.7 Å². The summed E-state index contributed by atoms with van der Waals surface area (Å²) >= 11 is 0. The second-order valence-corrected chi connectivity index (χ2v) is 5.24. The van der Waals surface area contributed by atoms with Crippen LogP contribution in [-0.2, 0) is 11.3 Å². The summed E-state index contributed by atoms with van der Waals surface area (Å²) in [6, 6.07) is 2.02. The normalized spacial score (nSPS) is 24.4. The van der Waals surface area contributed by atoms with E-state index in [1.807, 2.05) is 0 Å². The predicted molar refractivity (Wildman–Crippen MR) is 71.7 cm³/mol. The van der Waals surface area contributed by atoms with Crippen LogP contribution in [0.4, 0.5) is 0 Å². The number of furan rings is 1. The SMILES string of the molecule is COC(=O)c1ccoc1CN1CCC(C)CC1CN. The lowest BCUT2D eigenvalue weighted by Gasteiger charge is -2.37. The van der Waals surface area contributed by atoms with Crippen LogP contribution >= 0.6 is 0 Å². The van der Waals surface area contributed by atoms with Crippen LogP contribution in [0.1, 0.15) is 35.9 Å². The van der Waals surface area contributed by atoms with Gasteiger partial charge in [0, 0.05) is 12.6 Å². The molecule has 5 nitrogen and oxygen atoms in total. The summed E-state index contributed by atoms with van der Waals surface area (Å²) in [5, 5.41) is 0. The van der Waals surface area contributed by atoms with Gasteiger partial charge in [-0.2, -0.15) is 0 Å². The van der Waals surface area contributed by atoms with Gasteiger partial charge in [0.1, 0.15) is 11.3 Å². The molecule has 0 radical (unpaired) electrons. The fraction of sp³-hybridized carbons (Fsp3) is 0.643. The van der Waals surface area contributed by atoms with Gasteiger partial charge in [-0.1, -0.05) is 6.92 Å². The first kappa shape index (κ1) is 14.1. The number of hydrogen-bond acceptors (Lipinski definition) is 5. The van der Waals surface area contributed by atoms with Crippen molar-refractivity contribution < 1.29 is 13.9 Å². The van der Waals surface area contributed by atoms with Crippen molar-refractivity contribution in [2.45, 2.75) is 32.4 Å². The minimum atomic E-state index is -0.349. The number of ether oxygens (including phenoxy) is 1. The van der Waals surface area contributed by atoms with Gasteiger partial charge in [0.15, 0.2) is 0 Å². The highest BCUT2D eigenvalue weighted by Crippen LogP contribution is 2.25. The highest BCUT2D eigenvalue weighted by atomic mass is 16.5. The number of carbonyl (C=O) groups excluding carboxylic acids is 1. The molecule has 1 saturated heterocycles. The molecular formula is C14H22N2O3. The highest BCUT2D eigenvalue weighted by molar-refractivity contribution is 5.90. The molecule has 1 aliphatic rings. The summed E-state index contributed by atoms with van der Waals surface area (Å²) < 4.78 is 10.2. The Labute approximate surface area is 113 Å². The fourth-order valence-corrected chi connectivity index (χ4v) is 2.69. The number of piperidine rings is 1. The van der Waals surface area contributed by atoms with E-state index >= 15 is 0 Å². The third kappa shape index (κ3) is 3.16. The first-order valence-corrected chi connectivity index (χ1v) is 6.74. The Kier molecular flexibility index (Phi) is 4.61. The molecule has 2 rings (SSSR count). The average Bonchev–Trinajstić information content (AvgIpc) is 2.88. The molecule has 2 atom stereocenters. The van der Waals surface area contributed by atoms with Crippen molar-refractivity contribution >= 4 is 5.97 Å². The molecule has 19 heavy (non-hydrogen) atoms. The smallest absolute Gasteiger partial charge is 0.341 e. The van der Waals surface area contributed by atoms with Gasteiger partial charge in [0.2, 0.25) is 0 Å². The highest BCUT2D eigenvalue weighted by Gasteiger charge is 2.27. The lowest BCUT2D eigenvalue weighted by atomic mass is 9.92. The lowest BCUT2D eigenvalue weighted by Crippen LogP contribution is -2.45. The molecule has 1 aliphatic heterocycles. The summed E-state index contributed by atoms with van der Waals surface area (Å²) in [4.78, 5) is 13.9. The number of esters is 1. The second-order valence-electron chi connectivity index (χ2n) is 5.24. The molecule has 5 heteroatoms. The van der Waals surface area contributed by atoms with E-state index in [9.17, 15) is 4.79 Å². The van der Waals surface area contributed by atoms with Crippen molar-refractivity contribution in [2.75, 3.05) is 20.2 Å². The van der Waals surface area contributed by atoms with Crippen LogP contribution in [0.3, 0.4) is 0 Å². The van der Waals surface area contributed by atoms with Crippen molar-refractivity contribution in [3.63, 3.8) is 0 Å². The molecule has 106 valence electrons. The van der Waals surface area contributed by atoms with Crippen LogP contribution in [0.15, 0.2) is 16.7 Å². The Hall–Kier alpha value is -1.33. The average molecular weight is 266 g/mol. The maximum atomic E-state index is 11.6. The number of hydrogen-bond donors (Lipinski definition) is 1. The first-order chi connectivity index (χ1) is 9.15. The van der Waals surface area contributed by atoms with Gasteiger partial charge in [-0.25, -0.2) is 4.79 Å². The Bertz CT molecular complexity index is 430. The topological polar surface area (TPSA) is 68.7 Å². The minimum Gasteiger partial charge on any atom is -0.467 e. The number of likely N-dealkylation sites (tertiary alicyclic amines) is 1. The Morgan fingerprint density at radius 2 is 2.42 bits per heavy atom. The second kappa shape index (κ2) is 6.21. The summed E-state index contributed by atoms with van der Waals surface area (Å²) in [6.45, 7) is 4.50. The molecule has 2 N–H and O–H groups in total. The van der Waals surface area contributed by atoms with Gasteiger partial charge >= 0.3 is 5.97 Å². The van der Waals surface area contributed by atoms with E-state index in [0.717, 1.165) is 19.4 Å². The quantitative estimate of drug-likeness (QED) is 0.839. The zero-order valence-electron chi connectivity index (χ0n) is 11.6. The molecule has 0 amide bonds. The molecule has 2 unspecified atom stereocenters. The van der Waals surface area contributed by atoms with Crippen molar-refractivity contribution in [1.29, 1.82) is 0 Å². The molecule has 0 saturated carbocycles. The van der Waals surface area contributed by atoms with Gasteiger partial charge in [-0.3, -0.25) is 4.90 Å². The zero-order valence-corrected chi connectivity index (χ0v) is 11.6. The molecule has 2 heterocycles. The van der Waals surface area contributed by atoms with Crippen molar-refractivity contribution in [3.8, 4) is 0 Å². The zero-order chi connectivity index (χ0) is 13.8. The third-order valence-electron chi connectivity index (χ3n) is 3.87. The van der Waals surface area contributed by atoms with Crippen LogP contribution in [0.2, 0.25) is 0 Å².